The first-order valence-electron chi connectivity index (χ1n) is 8.84. The average molecular weight is 355 g/mol. The summed E-state index contributed by atoms with van der Waals surface area (Å²) in [6, 6.07) is 5.67. The molecule has 0 spiro atoms. The highest BCUT2D eigenvalue weighted by molar-refractivity contribution is 6.55. The maximum atomic E-state index is 12.2. The predicted octanol–water partition coefficient (Wildman–Crippen LogP) is 2.47. The van der Waals surface area contributed by atoms with E-state index < -0.39 is 18.3 Å². The molecule has 1 fully saturated rings. The average Bonchev–Trinajstić information content (AvgIpc) is 2.75. The van der Waals surface area contributed by atoms with E-state index >= 15 is 0 Å². The Labute approximate surface area is 154 Å². The molecule has 0 aliphatic carbocycles. The van der Waals surface area contributed by atoms with Crippen molar-refractivity contribution in [3.8, 4) is 0 Å². The highest BCUT2D eigenvalue weighted by Crippen LogP contribution is 2.38. The summed E-state index contributed by atoms with van der Waals surface area (Å²) in [5.74, 6) is 0.610. The third-order valence-electron chi connectivity index (χ3n) is 5.14. The van der Waals surface area contributed by atoms with Gasteiger partial charge in [-0.25, -0.2) is 4.98 Å². The van der Waals surface area contributed by atoms with Gasteiger partial charge in [0.05, 0.1) is 22.1 Å². The monoisotopic (exact) mass is 355 g/mol. The van der Waals surface area contributed by atoms with Crippen LogP contribution in [0, 0.1) is 6.92 Å². The van der Waals surface area contributed by atoms with E-state index in [2.05, 4.69) is 15.3 Å². The molecule has 1 aliphatic rings. The van der Waals surface area contributed by atoms with Gasteiger partial charge in [-0.15, -0.1) is 0 Å². The first kappa shape index (κ1) is 18.8. The molecule has 1 aliphatic heterocycles. The molecular weight excluding hydrogens is 329 g/mol. The molecule has 2 aromatic rings. The summed E-state index contributed by atoms with van der Waals surface area (Å²) in [6.07, 6.45) is 2.01. The fourth-order valence-corrected chi connectivity index (χ4v) is 2.98. The van der Waals surface area contributed by atoms with Crippen LogP contribution in [0.5, 0.6) is 0 Å². The van der Waals surface area contributed by atoms with Crippen molar-refractivity contribution in [1.29, 1.82) is 0 Å². The van der Waals surface area contributed by atoms with E-state index in [1.807, 2.05) is 59.0 Å². The van der Waals surface area contributed by atoms with Crippen molar-refractivity contribution in [2.24, 2.45) is 0 Å². The minimum absolute atomic E-state index is 0.131. The van der Waals surface area contributed by atoms with Crippen LogP contribution in [-0.2, 0) is 9.31 Å². The minimum Gasteiger partial charge on any atom is -0.400 e. The van der Waals surface area contributed by atoms with Crippen LogP contribution >= 0.6 is 0 Å². The van der Waals surface area contributed by atoms with Gasteiger partial charge in [-0.1, -0.05) is 12.1 Å². The second-order valence-electron chi connectivity index (χ2n) is 7.77. The van der Waals surface area contributed by atoms with Gasteiger partial charge >= 0.3 is 7.12 Å². The molecule has 26 heavy (non-hydrogen) atoms. The Hall–Kier alpha value is -1.96. The molecule has 1 aromatic carbocycles. The van der Waals surface area contributed by atoms with E-state index in [0.717, 1.165) is 11.0 Å². The van der Waals surface area contributed by atoms with E-state index in [1.54, 1.807) is 6.92 Å². The third-order valence-corrected chi connectivity index (χ3v) is 5.14. The smallest absolute Gasteiger partial charge is 0.400 e. The van der Waals surface area contributed by atoms with Gasteiger partial charge in [0.25, 0.3) is 5.56 Å². The van der Waals surface area contributed by atoms with Gasteiger partial charge in [-0.2, -0.15) is 0 Å². The van der Waals surface area contributed by atoms with Crippen LogP contribution in [0.2, 0.25) is 0 Å². The molecule has 0 amide bonds. The van der Waals surface area contributed by atoms with Crippen LogP contribution in [-0.4, -0.2) is 41.9 Å². The first-order valence-corrected chi connectivity index (χ1v) is 8.84. The molecule has 1 saturated heterocycles. The molecule has 0 bridgehead atoms. The lowest BCUT2D eigenvalue weighted by Crippen LogP contribution is -2.41. The lowest BCUT2D eigenvalue weighted by molar-refractivity contribution is 0.00578. The quantitative estimate of drug-likeness (QED) is 0.824. The number of nitrogens with zero attached hydrogens (tertiary/aromatic N) is 1. The maximum Gasteiger partial charge on any atom is 0.491 e. The lowest BCUT2D eigenvalue weighted by atomic mass is 9.77. The number of hydrogen-bond donors (Lipinski definition) is 2. The Morgan fingerprint density at radius 2 is 1.92 bits per heavy atom. The number of nitrogens with one attached hydrogen (secondary N) is 2. The molecule has 0 atom stereocenters. The number of fused-ring (bicyclic) bond motifs is 1. The van der Waals surface area contributed by atoms with Crippen LogP contribution in [0.25, 0.3) is 17.0 Å². The van der Waals surface area contributed by atoms with E-state index in [9.17, 15) is 4.79 Å². The van der Waals surface area contributed by atoms with Gasteiger partial charge in [-0.05, 0) is 64.8 Å². The third kappa shape index (κ3) is 3.47. The Bertz CT molecular complexity index is 902. The van der Waals surface area contributed by atoms with Crippen LogP contribution in [0.4, 0.5) is 0 Å². The van der Waals surface area contributed by atoms with Crippen LogP contribution in [0.3, 0.4) is 0 Å². The Balaban J connectivity index is 2.00. The SMILES string of the molecule is CNCC(=Cc1ccc2nc(C)[nH]c(=O)c2c1)B1OC(C)(C)C(C)(C)O1. The normalized spacial score (nSPS) is 19.3. The number of aromatic amines is 1. The number of H-pyrrole nitrogens is 1. The van der Waals surface area contributed by atoms with Crippen molar-refractivity contribution in [2.75, 3.05) is 13.6 Å². The first-order chi connectivity index (χ1) is 12.1. The zero-order valence-corrected chi connectivity index (χ0v) is 16.3. The molecule has 1 aromatic heterocycles. The minimum atomic E-state index is -0.433. The molecule has 0 saturated carbocycles. The number of benzene rings is 1. The van der Waals surface area contributed by atoms with E-state index in [-0.39, 0.29) is 5.56 Å². The Kier molecular flexibility index (Phi) is 4.81. The van der Waals surface area contributed by atoms with Gasteiger partial charge in [0.15, 0.2) is 0 Å². The fraction of sp³-hybridized carbons (Fsp3) is 0.474. The molecule has 0 radical (unpaired) electrons. The summed E-state index contributed by atoms with van der Waals surface area (Å²) in [4.78, 5) is 19.3. The maximum absolute atomic E-state index is 12.2. The van der Waals surface area contributed by atoms with E-state index in [1.165, 1.54) is 0 Å². The zero-order chi connectivity index (χ0) is 19.1. The summed E-state index contributed by atoms with van der Waals surface area (Å²) in [7, 11) is 1.45. The Morgan fingerprint density at radius 1 is 1.27 bits per heavy atom. The zero-order valence-electron chi connectivity index (χ0n) is 16.3. The summed E-state index contributed by atoms with van der Waals surface area (Å²) >= 11 is 0. The fourth-order valence-electron chi connectivity index (χ4n) is 2.98. The molecular formula is C19H26BN3O3. The summed E-state index contributed by atoms with van der Waals surface area (Å²) in [5, 5.41) is 3.74. The summed E-state index contributed by atoms with van der Waals surface area (Å²) in [6.45, 7) is 10.5. The molecule has 2 heterocycles. The van der Waals surface area contributed by atoms with Gasteiger partial charge in [0, 0.05) is 6.54 Å². The van der Waals surface area contributed by atoms with Crippen molar-refractivity contribution in [1.82, 2.24) is 15.3 Å². The number of hydrogen-bond acceptors (Lipinski definition) is 5. The second-order valence-corrected chi connectivity index (χ2v) is 7.77. The van der Waals surface area contributed by atoms with Gasteiger partial charge in [0.1, 0.15) is 5.82 Å². The predicted molar refractivity (Wildman–Crippen MR) is 105 cm³/mol. The highest BCUT2D eigenvalue weighted by atomic mass is 16.7. The van der Waals surface area contributed by atoms with Gasteiger partial charge < -0.3 is 19.6 Å². The van der Waals surface area contributed by atoms with Crippen LogP contribution < -0.4 is 10.9 Å². The summed E-state index contributed by atoms with van der Waals surface area (Å²) in [5.41, 5.74) is 1.65. The van der Waals surface area contributed by atoms with Crippen LogP contribution in [0.15, 0.2) is 28.5 Å². The number of aromatic nitrogens is 2. The van der Waals surface area contributed by atoms with E-state index in [0.29, 0.717) is 23.3 Å². The van der Waals surface area contributed by atoms with Gasteiger partial charge in [0.2, 0.25) is 0 Å². The molecule has 6 nitrogen and oxygen atoms in total. The lowest BCUT2D eigenvalue weighted by Gasteiger charge is -2.32. The topological polar surface area (TPSA) is 76.2 Å². The largest absolute Gasteiger partial charge is 0.491 e. The molecule has 0 unspecified atom stereocenters. The second kappa shape index (κ2) is 6.65. The summed E-state index contributed by atoms with van der Waals surface area (Å²) < 4.78 is 12.3. The molecule has 3 rings (SSSR count). The molecule has 138 valence electrons. The van der Waals surface area contributed by atoms with Crippen molar-refractivity contribution < 1.29 is 9.31 Å². The number of aryl methyl sites for hydroxylation is 1. The standard InChI is InChI=1S/C19H26BN3O3/c1-12-22-16-8-7-13(10-15(16)17(24)23-12)9-14(11-21-6)20-25-18(2,3)19(4,5)26-20/h7-10,21H,11H2,1-6H3,(H,22,23,24). The highest BCUT2D eigenvalue weighted by Gasteiger charge is 2.52. The molecule has 7 heteroatoms. The van der Waals surface area contributed by atoms with Crippen LogP contribution in [0.1, 0.15) is 39.1 Å². The van der Waals surface area contributed by atoms with Crippen molar-refractivity contribution >= 4 is 24.1 Å². The van der Waals surface area contributed by atoms with Crippen molar-refractivity contribution in [3.63, 3.8) is 0 Å². The molecule has 2 N–H and O–H groups in total. The number of rotatable bonds is 4. The number of likely N-dealkylation sites (N-methyl/N-ethyl adjacent to an activating group) is 1. The van der Waals surface area contributed by atoms with E-state index in [4.69, 9.17) is 9.31 Å². The Morgan fingerprint density at radius 3 is 2.54 bits per heavy atom. The van der Waals surface area contributed by atoms with Crippen molar-refractivity contribution in [3.05, 3.63) is 45.4 Å². The van der Waals surface area contributed by atoms with Gasteiger partial charge in [-0.3, -0.25) is 4.79 Å². The van der Waals surface area contributed by atoms with Crippen molar-refractivity contribution in [2.45, 2.75) is 45.8 Å².